The lowest BCUT2D eigenvalue weighted by molar-refractivity contribution is 0.625. The van der Waals surface area contributed by atoms with Gasteiger partial charge in [0, 0.05) is 13.1 Å². The second-order valence-electron chi connectivity index (χ2n) is 3.81. The van der Waals surface area contributed by atoms with Gasteiger partial charge in [0.15, 0.2) is 5.96 Å². The van der Waals surface area contributed by atoms with Crippen molar-refractivity contribution in [1.82, 2.24) is 10.6 Å². The molecule has 0 spiro atoms. The van der Waals surface area contributed by atoms with E-state index >= 15 is 0 Å². The fraction of sp³-hybridized carbons (Fsp3) is 0.308. The van der Waals surface area contributed by atoms with E-state index in [9.17, 15) is 4.39 Å². The molecule has 96 valence electrons. The molecular formula is C13H15FIN3. The molecule has 1 aromatic carbocycles. The third kappa shape index (κ3) is 3.88. The van der Waals surface area contributed by atoms with Gasteiger partial charge in [-0.25, -0.2) is 4.39 Å². The zero-order valence-electron chi connectivity index (χ0n) is 9.82. The second-order valence-corrected chi connectivity index (χ2v) is 3.81. The zero-order valence-corrected chi connectivity index (χ0v) is 12.1. The SMILES string of the molecule is C#CC(NC1=NCCCN1)c1ccc(F)cc1.I. The van der Waals surface area contributed by atoms with E-state index < -0.39 is 0 Å². The zero-order chi connectivity index (χ0) is 12.1. The maximum Gasteiger partial charge on any atom is 0.192 e. The summed E-state index contributed by atoms with van der Waals surface area (Å²) in [5, 5.41) is 6.26. The van der Waals surface area contributed by atoms with Gasteiger partial charge in [-0.1, -0.05) is 18.1 Å². The molecule has 0 aromatic heterocycles. The van der Waals surface area contributed by atoms with Crippen molar-refractivity contribution in [3.8, 4) is 12.3 Å². The molecule has 0 amide bonds. The highest BCUT2D eigenvalue weighted by molar-refractivity contribution is 14.0. The Morgan fingerprint density at radius 3 is 2.67 bits per heavy atom. The van der Waals surface area contributed by atoms with Crippen LogP contribution < -0.4 is 10.6 Å². The molecule has 3 nitrogen and oxygen atoms in total. The first-order valence-electron chi connectivity index (χ1n) is 5.56. The van der Waals surface area contributed by atoms with Crippen LogP contribution in [0.2, 0.25) is 0 Å². The molecule has 0 aliphatic carbocycles. The number of guanidine groups is 1. The summed E-state index contributed by atoms with van der Waals surface area (Å²) in [7, 11) is 0. The summed E-state index contributed by atoms with van der Waals surface area (Å²) in [6.45, 7) is 1.70. The molecule has 0 saturated carbocycles. The van der Waals surface area contributed by atoms with E-state index in [0.29, 0.717) is 5.96 Å². The van der Waals surface area contributed by atoms with Crippen molar-refractivity contribution in [2.45, 2.75) is 12.5 Å². The van der Waals surface area contributed by atoms with Crippen LogP contribution in [0.25, 0.3) is 0 Å². The molecule has 1 aliphatic rings. The standard InChI is InChI=1S/C13H14FN3.HI/c1-2-12(10-4-6-11(14)7-5-10)17-13-15-8-3-9-16-13;/h1,4-7,12H,3,8-9H2,(H2,15,16,17);1H. The van der Waals surface area contributed by atoms with Gasteiger partial charge in [0.2, 0.25) is 0 Å². The van der Waals surface area contributed by atoms with Crippen LogP contribution >= 0.6 is 24.0 Å². The van der Waals surface area contributed by atoms with Crippen molar-refractivity contribution in [3.05, 3.63) is 35.6 Å². The number of halogens is 2. The van der Waals surface area contributed by atoms with Gasteiger partial charge in [0.1, 0.15) is 11.9 Å². The van der Waals surface area contributed by atoms with Crippen LogP contribution in [0, 0.1) is 18.2 Å². The molecule has 1 heterocycles. The number of hydrogen-bond acceptors (Lipinski definition) is 3. The summed E-state index contributed by atoms with van der Waals surface area (Å²) in [6, 6.07) is 5.86. The maximum absolute atomic E-state index is 12.8. The lowest BCUT2D eigenvalue weighted by atomic mass is 10.1. The molecule has 2 N–H and O–H groups in total. The molecule has 0 fully saturated rings. The molecule has 0 saturated heterocycles. The topological polar surface area (TPSA) is 36.4 Å². The highest BCUT2D eigenvalue weighted by Gasteiger charge is 2.11. The molecule has 0 bridgehead atoms. The molecule has 18 heavy (non-hydrogen) atoms. The van der Waals surface area contributed by atoms with Gasteiger partial charge in [-0.3, -0.25) is 4.99 Å². The summed E-state index contributed by atoms with van der Waals surface area (Å²) in [5.41, 5.74) is 0.851. The normalized spacial score (nSPS) is 15.4. The van der Waals surface area contributed by atoms with Crippen LogP contribution in [-0.4, -0.2) is 19.0 Å². The Balaban J connectivity index is 0.00000162. The third-order valence-corrected chi connectivity index (χ3v) is 2.55. The lowest BCUT2D eigenvalue weighted by Crippen LogP contribution is -2.42. The second kappa shape index (κ2) is 7.21. The molecule has 1 aliphatic heterocycles. The van der Waals surface area contributed by atoms with Gasteiger partial charge in [-0.05, 0) is 24.1 Å². The van der Waals surface area contributed by atoms with E-state index in [1.807, 2.05) is 0 Å². The van der Waals surface area contributed by atoms with Gasteiger partial charge < -0.3 is 10.6 Å². The minimum absolute atomic E-state index is 0. The van der Waals surface area contributed by atoms with Gasteiger partial charge in [-0.2, -0.15) is 0 Å². The fourth-order valence-electron chi connectivity index (χ4n) is 1.64. The average molecular weight is 359 g/mol. The van der Waals surface area contributed by atoms with Gasteiger partial charge in [0.25, 0.3) is 0 Å². The number of terminal acetylenes is 1. The van der Waals surface area contributed by atoms with Crippen molar-refractivity contribution in [3.63, 3.8) is 0 Å². The molecule has 1 atom stereocenters. The minimum atomic E-state index is -0.292. The Labute approximate surface area is 123 Å². The minimum Gasteiger partial charge on any atom is -0.356 e. The first-order chi connectivity index (χ1) is 8.29. The van der Waals surface area contributed by atoms with Crippen LogP contribution in [0.15, 0.2) is 29.3 Å². The van der Waals surface area contributed by atoms with E-state index in [-0.39, 0.29) is 35.8 Å². The van der Waals surface area contributed by atoms with E-state index in [2.05, 4.69) is 21.5 Å². The molecule has 5 heteroatoms. The smallest absolute Gasteiger partial charge is 0.192 e. The van der Waals surface area contributed by atoms with Crippen LogP contribution in [0.5, 0.6) is 0 Å². The number of nitrogens with one attached hydrogen (secondary N) is 2. The van der Waals surface area contributed by atoms with E-state index in [0.717, 1.165) is 25.1 Å². The summed E-state index contributed by atoms with van der Waals surface area (Å²) in [5.74, 6) is 3.08. The average Bonchev–Trinajstić information content (AvgIpc) is 2.38. The lowest BCUT2D eigenvalue weighted by Gasteiger charge is -2.20. The van der Waals surface area contributed by atoms with Gasteiger partial charge in [0.05, 0.1) is 0 Å². The summed E-state index contributed by atoms with van der Waals surface area (Å²) in [6.07, 6.45) is 6.50. The molecular weight excluding hydrogens is 344 g/mol. The Bertz CT molecular complexity index is 450. The van der Waals surface area contributed by atoms with Gasteiger partial charge >= 0.3 is 0 Å². The number of nitrogens with zero attached hydrogens (tertiary/aromatic N) is 1. The first kappa shape index (κ1) is 14.8. The summed E-state index contributed by atoms with van der Waals surface area (Å²) >= 11 is 0. The first-order valence-corrected chi connectivity index (χ1v) is 5.56. The van der Waals surface area contributed by atoms with Crippen molar-refractivity contribution in [2.24, 2.45) is 4.99 Å². The predicted molar refractivity (Wildman–Crippen MR) is 81.4 cm³/mol. The maximum atomic E-state index is 12.8. The quantitative estimate of drug-likeness (QED) is 0.627. The highest BCUT2D eigenvalue weighted by Crippen LogP contribution is 2.12. The van der Waals surface area contributed by atoms with E-state index in [1.54, 1.807) is 12.1 Å². The number of rotatable bonds is 2. The number of aliphatic imine (C=N–C) groups is 1. The summed E-state index contributed by atoms with van der Waals surface area (Å²) < 4.78 is 12.8. The summed E-state index contributed by atoms with van der Waals surface area (Å²) in [4.78, 5) is 4.29. The Hall–Kier alpha value is -1.29. The van der Waals surface area contributed by atoms with Crippen LogP contribution in [0.3, 0.4) is 0 Å². The largest absolute Gasteiger partial charge is 0.356 e. The van der Waals surface area contributed by atoms with Crippen molar-refractivity contribution >= 4 is 29.9 Å². The van der Waals surface area contributed by atoms with Crippen LogP contribution in [0.1, 0.15) is 18.0 Å². The monoisotopic (exact) mass is 359 g/mol. The van der Waals surface area contributed by atoms with E-state index in [1.165, 1.54) is 12.1 Å². The highest BCUT2D eigenvalue weighted by atomic mass is 127. The molecule has 1 aromatic rings. The van der Waals surface area contributed by atoms with Gasteiger partial charge in [-0.15, -0.1) is 30.4 Å². The Morgan fingerprint density at radius 2 is 2.11 bits per heavy atom. The Morgan fingerprint density at radius 1 is 1.39 bits per heavy atom. The third-order valence-electron chi connectivity index (χ3n) is 2.55. The Kier molecular flexibility index (Phi) is 5.92. The fourth-order valence-corrected chi connectivity index (χ4v) is 1.64. The van der Waals surface area contributed by atoms with Crippen molar-refractivity contribution in [1.29, 1.82) is 0 Å². The van der Waals surface area contributed by atoms with Crippen molar-refractivity contribution in [2.75, 3.05) is 13.1 Å². The van der Waals surface area contributed by atoms with Crippen LogP contribution in [0.4, 0.5) is 4.39 Å². The predicted octanol–water partition coefficient (Wildman–Crippen LogP) is 2.06. The van der Waals surface area contributed by atoms with Crippen LogP contribution in [-0.2, 0) is 0 Å². The molecule has 1 unspecified atom stereocenters. The van der Waals surface area contributed by atoms with E-state index in [4.69, 9.17) is 6.42 Å². The molecule has 0 radical (unpaired) electrons. The molecule has 2 rings (SSSR count). The number of benzene rings is 1. The van der Waals surface area contributed by atoms with Crippen molar-refractivity contribution < 1.29 is 4.39 Å². The number of hydrogen-bond donors (Lipinski definition) is 2.